The van der Waals surface area contributed by atoms with Crippen LogP contribution in [0.5, 0.6) is 0 Å². The van der Waals surface area contributed by atoms with Crippen LogP contribution in [0.4, 0.5) is 0 Å². The van der Waals surface area contributed by atoms with Crippen molar-refractivity contribution in [2.45, 2.75) is 12.8 Å². The Morgan fingerprint density at radius 2 is 2.07 bits per heavy atom. The van der Waals surface area contributed by atoms with E-state index in [0.29, 0.717) is 0 Å². The third-order valence-electron chi connectivity index (χ3n) is 2.26. The summed E-state index contributed by atoms with van der Waals surface area (Å²) in [4.78, 5) is 0. The molecule has 0 aromatic heterocycles. The molecule has 0 aliphatic heterocycles. The second-order valence-electron chi connectivity index (χ2n) is 3.59. The summed E-state index contributed by atoms with van der Waals surface area (Å²) in [6.07, 6.45) is 2.21. The molecule has 1 aromatic rings. The van der Waals surface area contributed by atoms with Crippen molar-refractivity contribution in [1.82, 2.24) is 10.6 Å². The number of benzene rings is 1. The molecule has 0 amide bonds. The average molecular weight is 227 g/mol. The first-order valence-corrected chi connectivity index (χ1v) is 5.80. The SMILES string of the molecule is CNCCCNCCc1cccc(Cl)c1. The molecule has 0 aliphatic carbocycles. The van der Waals surface area contributed by atoms with Crippen molar-refractivity contribution in [1.29, 1.82) is 0 Å². The lowest BCUT2D eigenvalue weighted by atomic mass is 10.1. The maximum absolute atomic E-state index is 5.90. The highest BCUT2D eigenvalue weighted by molar-refractivity contribution is 6.30. The van der Waals surface area contributed by atoms with Crippen molar-refractivity contribution < 1.29 is 0 Å². The fourth-order valence-corrected chi connectivity index (χ4v) is 1.65. The minimum atomic E-state index is 0.822. The third-order valence-corrected chi connectivity index (χ3v) is 2.49. The van der Waals surface area contributed by atoms with E-state index in [9.17, 15) is 0 Å². The largest absolute Gasteiger partial charge is 0.320 e. The van der Waals surface area contributed by atoms with Crippen molar-refractivity contribution in [3.63, 3.8) is 0 Å². The molecule has 3 heteroatoms. The molecule has 0 fully saturated rings. The van der Waals surface area contributed by atoms with Gasteiger partial charge in [0.25, 0.3) is 0 Å². The number of rotatable bonds is 7. The van der Waals surface area contributed by atoms with Crippen LogP contribution in [0.25, 0.3) is 0 Å². The first-order valence-electron chi connectivity index (χ1n) is 5.42. The van der Waals surface area contributed by atoms with Gasteiger partial charge < -0.3 is 10.6 Å². The zero-order valence-corrected chi connectivity index (χ0v) is 9.98. The summed E-state index contributed by atoms with van der Waals surface area (Å²) in [5.74, 6) is 0. The number of nitrogens with one attached hydrogen (secondary N) is 2. The van der Waals surface area contributed by atoms with Crippen LogP contribution in [0.1, 0.15) is 12.0 Å². The first-order chi connectivity index (χ1) is 7.33. The molecule has 0 aliphatic rings. The summed E-state index contributed by atoms with van der Waals surface area (Å²) >= 11 is 5.90. The topological polar surface area (TPSA) is 24.1 Å². The summed E-state index contributed by atoms with van der Waals surface area (Å²) in [5.41, 5.74) is 1.30. The third kappa shape index (κ3) is 5.78. The quantitative estimate of drug-likeness (QED) is 0.696. The molecule has 15 heavy (non-hydrogen) atoms. The highest BCUT2D eigenvalue weighted by atomic mass is 35.5. The van der Waals surface area contributed by atoms with Crippen LogP contribution in [0, 0.1) is 0 Å². The van der Waals surface area contributed by atoms with Gasteiger partial charge in [-0.25, -0.2) is 0 Å². The van der Waals surface area contributed by atoms with Gasteiger partial charge in [0.1, 0.15) is 0 Å². The van der Waals surface area contributed by atoms with Crippen LogP contribution >= 0.6 is 11.6 Å². The van der Waals surface area contributed by atoms with Gasteiger partial charge in [-0.15, -0.1) is 0 Å². The van der Waals surface area contributed by atoms with Crippen molar-refractivity contribution in [2.24, 2.45) is 0 Å². The van der Waals surface area contributed by atoms with Gasteiger partial charge in [0.2, 0.25) is 0 Å². The minimum absolute atomic E-state index is 0.822. The Balaban J connectivity index is 2.10. The summed E-state index contributed by atoms with van der Waals surface area (Å²) in [6.45, 7) is 3.16. The fourth-order valence-electron chi connectivity index (χ4n) is 1.44. The van der Waals surface area contributed by atoms with Gasteiger partial charge in [0.05, 0.1) is 0 Å². The fraction of sp³-hybridized carbons (Fsp3) is 0.500. The highest BCUT2D eigenvalue weighted by Gasteiger charge is 1.93. The van der Waals surface area contributed by atoms with E-state index in [4.69, 9.17) is 11.6 Å². The van der Waals surface area contributed by atoms with E-state index in [2.05, 4.69) is 16.7 Å². The van der Waals surface area contributed by atoms with Crippen molar-refractivity contribution >= 4 is 11.6 Å². The van der Waals surface area contributed by atoms with Crippen molar-refractivity contribution in [3.05, 3.63) is 34.9 Å². The zero-order valence-electron chi connectivity index (χ0n) is 9.22. The van der Waals surface area contributed by atoms with E-state index in [1.165, 1.54) is 12.0 Å². The second kappa shape index (κ2) is 7.69. The summed E-state index contributed by atoms with van der Waals surface area (Å²) in [6, 6.07) is 8.04. The number of hydrogen-bond acceptors (Lipinski definition) is 2. The Bertz CT molecular complexity index is 276. The molecule has 2 nitrogen and oxygen atoms in total. The van der Waals surface area contributed by atoms with Crippen LogP contribution in [0.2, 0.25) is 5.02 Å². The van der Waals surface area contributed by atoms with Crippen LogP contribution in [0.3, 0.4) is 0 Å². The maximum atomic E-state index is 5.90. The maximum Gasteiger partial charge on any atom is 0.0408 e. The van der Waals surface area contributed by atoms with Crippen molar-refractivity contribution in [2.75, 3.05) is 26.7 Å². The van der Waals surface area contributed by atoms with Crippen molar-refractivity contribution in [3.8, 4) is 0 Å². The van der Waals surface area contributed by atoms with E-state index in [1.54, 1.807) is 0 Å². The molecule has 2 N–H and O–H groups in total. The molecule has 0 unspecified atom stereocenters. The molecule has 0 radical (unpaired) electrons. The molecule has 1 aromatic carbocycles. The molecule has 0 atom stereocenters. The second-order valence-corrected chi connectivity index (χ2v) is 4.02. The molecular weight excluding hydrogens is 208 g/mol. The molecule has 0 bridgehead atoms. The molecule has 0 spiro atoms. The summed E-state index contributed by atoms with van der Waals surface area (Å²) < 4.78 is 0. The lowest BCUT2D eigenvalue weighted by molar-refractivity contribution is 0.625. The van der Waals surface area contributed by atoms with E-state index in [-0.39, 0.29) is 0 Å². The molecular formula is C12H19ClN2. The lowest BCUT2D eigenvalue weighted by Gasteiger charge is -2.04. The molecule has 0 saturated carbocycles. The standard InChI is InChI=1S/C12H19ClN2/c1-14-7-3-8-15-9-6-11-4-2-5-12(13)10-11/h2,4-5,10,14-15H,3,6-9H2,1H3. The van der Waals surface area contributed by atoms with E-state index in [1.807, 2.05) is 25.2 Å². The Hall–Kier alpha value is -0.570. The predicted octanol–water partition coefficient (Wildman–Crippen LogP) is 2.08. The molecule has 1 rings (SSSR count). The Labute approximate surface area is 97.0 Å². The summed E-state index contributed by atoms with van der Waals surface area (Å²) in [5, 5.41) is 7.35. The van der Waals surface area contributed by atoms with Gasteiger partial charge in [-0.2, -0.15) is 0 Å². The van der Waals surface area contributed by atoms with E-state index in [0.717, 1.165) is 31.1 Å². The minimum Gasteiger partial charge on any atom is -0.320 e. The highest BCUT2D eigenvalue weighted by Crippen LogP contribution is 2.10. The average Bonchev–Trinajstić information content (AvgIpc) is 2.23. The van der Waals surface area contributed by atoms with Crippen LogP contribution in [-0.2, 0) is 6.42 Å². The predicted molar refractivity (Wildman–Crippen MR) is 66.6 cm³/mol. The number of hydrogen-bond donors (Lipinski definition) is 2. The van der Waals surface area contributed by atoms with E-state index >= 15 is 0 Å². The van der Waals surface area contributed by atoms with Crippen LogP contribution < -0.4 is 10.6 Å². The monoisotopic (exact) mass is 226 g/mol. The smallest absolute Gasteiger partial charge is 0.0408 e. The zero-order chi connectivity index (χ0) is 10.9. The number of halogens is 1. The van der Waals surface area contributed by atoms with Gasteiger partial charge >= 0.3 is 0 Å². The Kier molecular flexibility index (Phi) is 6.41. The van der Waals surface area contributed by atoms with Crippen LogP contribution in [0.15, 0.2) is 24.3 Å². The van der Waals surface area contributed by atoms with Crippen LogP contribution in [-0.4, -0.2) is 26.7 Å². The normalized spacial score (nSPS) is 10.5. The molecule has 0 heterocycles. The van der Waals surface area contributed by atoms with Gasteiger partial charge in [0.15, 0.2) is 0 Å². The Morgan fingerprint density at radius 3 is 2.80 bits per heavy atom. The molecule has 0 saturated heterocycles. The van der Waals surface area contributed by atoms with Gasteiger partial charge in [-0.1, -0.05) is 23.7 Å². The van der Waals surface area contributed by atoms with Gasteiger partial charge in [-0.05, 0) is 57.2 Å². The summed E-state index contributed by atoms with van der Waals surface area (Å²) in [7, 11) is 1.98. The van der Waals surface area contributed by atoms with Gasteiger partial charge in [-0.3, -0.25) is 0 Å². The van der Waals surface area contributed by atoms with Gasteiger partial charge in [0, 0.05) is 5.02 Å². The van der Waals surface area contributed by atoms with E-state index < -0.39 is 0 Å². The molecule has 84 valence electrons. The Morgan fingerprint density at radius 1 is 1.20 bits per heavy atom. The first kappa shape index (κ1) is 12.5. The lowest BCUT2D eigenvalue weighted by Crippen LogP contribution is -2.21.